The maximum atomic E-state index is 3.54. The van der Waals surface area contributed by atoms with Gasteiger partial charge in [-0.05, 0) is 38.0 Å². The Morgan fingerprint density at radius 3 is 2.73 bits per heavy atom. The first kappa shape index (κ1) is 12.1. The molecule has 1 atom stereocenters. The number of benzene rings is 1. The zero-order chi connectivity index (χ0) is 11.1. The summed E-state index contributed by atoms with van der Waals surface area (Å²) in [5.41, 5.74) is 2.57. The van der Waals surface area contributed by atoms with Gasteiger partial charge < -0.3 is 5.32 Å². The van der Waals surface area contributed by atoms with Crippen LogP contribution < -0.4 is 5.32 Å². The van der Waals surface area contributed by atoms with E-state index < -0.39 is 0 Å². The molecule has 1 nitrogen and oxygen atoms in total. The van der Waals surface area contributed by atoms with E-state index in [-0.39, 0.29) is 0 Å². The second-order valence-electron chi connectivity index (χ2n) is 4.41. The van der Waals surface area contributed by atoms with E-state index in [9.17, 15) is 0 Å². The minimum atomic E-state index is 0.582. The molecule has 0 spiro atoms. The van der Waals surface area contributed by atoms with Gasteiger partial charge in [0.1, 0.15) is 0 Å². The molecule has 1 unspecified atom stereocenters. The van der Waals surface area contributed by atoms with Crippen molar-refractivity contribution in [2.24, 2.45) is 0 Å². The molecule has 0 bridgehead atoms. The molecule has 84 valence electrons. The SMILES string of the molecule is CCCCCC(C)Nc1cccc(C)c1. The second kappa shape index (κ2) is 6.49. The van der Waals surface area contributed by atoms with Crippen molar-refractivity contribution >= 4 is 5.69 Å². The fourth-order valence-electron chi connectivity index (χ4n) is 1.79. The summed E-state index contributed by atoms with van der Waals surface area (Å²) >= 11 is 0. The molecular weight excluding hydrogens is 182 g/mol. The molecule has 0 aliphatic carbocycles. The predicted octanol–water partition coefficient (Wildman–Crippen LogP) is 4.38. The molecule has 1 N–H and O–H groups in total. The second-order valence-corrected chi connectivity index (χ2v) is 4.41. The Hall–Kier alpha value is -0.980. The number of anilines is 1. The molecule has 0 saturated heterocycles. The third-order valence-corrected chi connectivity index (χ3v) is 2.67. The Kier molecular flexibility index (Phi) is 5.23. The first-order valence-corrected chi connectivity index (χ1v) is 6.05. The van der Waals surface area contributed by atoms with Gasteiger partial charge in [-0.25, -0.2) is 0 Å². The Morgan fingerprint density at radius 1 is 1.27 bits per heavy atom. The normalized spacial score (nSPS) is 12.5. The van der Waals surface area contributed by atoms with Crippen LogP contribution in [0.5, 0.6) is 0 Å². The van der Waals surface area contributed by atoms with Crippen molar-refractivity contribution in [2.75, 3.05) is 5.32 Å². The number of hydrogen-bond donors (Lipinski definition) is 1. The Morgan fingerprint density at radius 2 is 2.07 bits per heavy atom. The number of rotatable bonds is 6. The van der Waals surface area contributed by atoms with E-state index in [0.29, 0.717) is 6.04 Å². The summed E-state index contributed by atoms with van der Waals surface area (Å²) in [6, 6.07) is 9.17. The lowest BCUT2D eigenvalue weighted by molar-refractivity contribution is 0.615. The van der Waals surface area contributed by atoms with E-state index in [4.69, 9.17) is 0 Å². The minimum Gasteiger partial charge on any atom is -0.383 e. The molecule has 0 radical (unpaired) electrons. The minimum absolute atomic E-state index is 0.582. The molecule has 1 heteroatoms. The molecule has 15 heavy (non-hydrogen) atoms. The van der Waals surface area contributed by atoms with E-state index in [0.717, 1.165) is 0 Å². The van der Waals surface area contributed by atoms with E-state index in [2.05, 4.69) is 50.4 Å². The first-order valence-electron chi connectivity index (χ1n) is 6.05. The molecule has 0 aliphatic rings. The lowest BCUT2D eigenvalue weighted by Crippen LogP contribution is -2.14. The van der Waals surface area contributed by atoms with Gasteiger partial charge in [0.2, 0.25) is 0 Å². The van der Waals surface area contributed by atoms with Crippen molar-refractivity contribution in [1.82, 2.24) is 0 Å². The van der Waals surface area contributed by atoms with Gasteiger partial charge in [0.15, 0.2) is 0 Å². The average molecular weight is 205 g/mol. The van der Waals surface area contributed by atoms with Crippen LogP contribution in [-0.4, -0.2) is 6.04 Å². The van der Waals surface area contributed by atoms with Crippen molar-refractivity contribution in [3.63, 3.8) is 0 Å². The maximum Gasteiger partial charge on any atom is 0.0344 e. The van der Waals surface area contributed by atoms with Gasteiger partial charge in [-0.2, -0.15) is 0 Å². The van der Waals surface area contributed by atoms with Crippen LogP contribution in [0.25, 0.3) is 0 Å². The summed E-state index contributed by atoms with van der Waals surface area (Å²) in [6.45, 7) is 6.64. The van der Waals surface area contributed by atoms with Crippen LogP contribution in [0.3, 0.4) is 0 Å². The van der Waals surface area contributed by atoms with Crippen LogP contribution in [0.1, 0.15) is 45.1 Å². The molecule has 1 aromatic carbocycles. The molecule has 1 aromatic rings. The van der Waals surface area contributed by atoms with Gasteiger partial charge in [0, 0.05) is 11.7 Å². The van der Waals surface area contributed by atoms with Crippen molar-refractivity contribution < 1.29 is 0 Å². The summed E-state index contributed by atoms with van der Waals surface area (Å²) in [6.07, 6.45) is 5.25. The fourth-order valence-corrected chi connectivity index (χ4v) is 1.79. The Balaban J connectivity index is 2.34. The third-order valence-electron chi connectivity index (χ3n) is 2.67. The lowest BCUT2D eigenvalue weighted by Gasteiger charge is -2.15. The number of nitrogens with one attached hydrogen (secondary N) is 1. The summed E-state index contributed by atoms with van der Waals surface area (Å²) < 4.78 is 0. The van der Waals surface area contributed by atoms with Gasteiger partial charge in [0.05, 0.1) is 0 Å². The molecule has 0 heterocycles. The third kappa shape index (κ3) is 4.87. The van der Waals surface area contributed by atoms with Crippen LogP contribution >= 0.6 is 0 Å². The van der Waals surface area contributed by atoms with Crippen molar-refractivity contribution in [3.8, 4) is 0 Å². The summed E-state index contributed by atoms with van der Waals surface area (Å²) in [5, 5.41) is 3.54. The first-order chi connectivity index (χ1) is 7.22. The number of aryl methyl sites for hydroxylation is 1. The van der Waals surface area contributed by atoms with Crippen LogP contribution in [0.15, 0.2) is 24.3 Å². The van der Waals surface area contributed by atoms with Gasteiger partial charge in [-0.3, -0.25) is 0 Å². The van der Waals surface area contributed by atoms with Gasteiger partial charge in [0.25, 0.3) is 0 Å². The largest absolute Gasteiger partial charge is 0.383 e. The Bertz CT molecular complexity index is 280. The van der Waals surface area contributed by atoms with Crippen molar-refractivity contribution in [2.45, 2.75) is 52.5 Å². The average Bonchev–Trinajstić information content (AvgIpc) is 2.18. The molecule has 0 fully saturated rings. The summed E-state index contributed by atoms with van der Waals surface area (Å²) in [7, 11) is 0. The summed E-state index contributed by atoms with van der Waals surface area (Å²) in [5.74, 6) is 0. The number of hydrogen-bond acceptors (Lipinski definition) is 1. The summed E-state index contributed by atoms with van der Waals surface area (Å²) in [4.78, 5) is 0. The monoisotopic (exact) mass is 205 g/mol. The lowest BCUT2D eigenvalue weighted by atomic mass is 10.1. The maximum absolute atomic E-state index is 3.54. The standard InChI is InChI=1S/C14H23N/c1-4-5-6-9-13(3)15-14-10-7-8-12(2)11-14/h7-8,10-11,13,15H,4-6,9H2,1-3H3. The topological polar surface area (TPSA) is 12.0 Å². The number of unbranched alkanes of at least 4 members (excludes halogenated alkanes) is 2. The fraction of sp³-hybridized carbons (Fsp3) is 0.571. The van der Waals surface area contributed by atoms with Crippen LogP contribution in [0, 0.1) is 6.92 Å². The zero-order valence-corrected chi connectivity index (χ0v) is 10.2. The van der Waals surface area contributed by atoms with E-state index >= 15 is 0 Å². The Labute approximate surface area is 93.9 Å². The van der Waals surface area contributed by atoms with Crippen LogP contribution in [0.2, 0.25) is 0 Å². The van der Waals surface area contributed by atoms with E-state index in [1.54, 1.807) is 0 Å². The predicted molar refractivity (Wildman–Crippen MR) is 68.4 cm³/mol. The molecule has 0 aromatic heterocycles. The highest BCUT2D eigenvalue weighted by Gasteiger charge is 2.01. The van der Waals surface area contributed by atoms with Crippen LogP contribution in [-0.2, 0) is 0 Å². The van der Waals surface area contributed by atoms with Crippen LogP contribution in [0.4, 0.5) is 5.69 Å². The highest BCUT2D eigenvalue weighted by molar-refractivity contribution is 5.45. The highest BCUT2D eigenvalue weighted by Crippen LogP contribution is 2.13. The molecule has 1 rings (SSSR count). The van der Waals surface area contributed by atoms with E-state index in [1.165, 1.54) is 36.9 Å². The molecular formula is C14H23N. The van der Waals surface area contributed by atoms with Gasteiger partial charge in [-0.1, -0.05) is 38.3 Å². The van der Waals surface area contributed by atoms with Crippen molar-refractivity contribution in [3.05, 3.63) is 29.8 Å². The van der Waals surface area contributed by atoms with E-state index in [1.807, 2.05) is 0 Å². The van der Waals surface area contributed by atoms with Gasteiger partial charge in [-0.15, -0.1) is 0 Å². The molecule has 0 aliphatic heterocycles. The highest BCUT2D eigenvalue weighted by atomic mass is 14.9. The molecule has 0 amide bonds. The van der Waals surface area contributed by atoms with Crippen molar-refractivity contribution in [1.29, 1.82) is 0 Å². The smallest absolute Gasteiger partial charge is 0.0344 e. The zero-order valence-electron chi connectivity index (χ0n) is 10.2. The quantitative estimate of drug-likeness (QED) is 0.680. The molecule has 0 saturated carbocycles. The van der Waals surface area contributed by atoms with Gasteiger partial charge >= 0.3 is 0 Å².